The smallest absolute Gasteiger partial charge is 0.0499 e. The second-order valence-corrected chi connectivity index (χ2v) is 5.40. The summed E-state index contributed by atoms with van der Waals surface area (Å²) in [5, 5.41) is 0. The molecule has 1 aliphatic rings. The standard InChI is InChI=1S/C13H19BrN2/c1-2-8-16-9-7-12(15)13(16)10-3-5-11(14)6-4-10/h3-6,12-13H,2,7-9,15H2,1H3. The van der Waals surface area contributed by atoms with Crippen LogP contribution in [-0.4, -0.2) is 24.0 Å². The number of rotatable bonds is 3. The quantitative estimate of drug-likeness (QED) is 0.924. The van der Waals surface area contributed by atoms with Crippen LogP contribution >= 0.6 is 15.9 Å². The molecule has 2 atom stereocenters. The molecule has 88 valence electrons. The Morgan fingerprint density at radius 2 is 2.06 bits per heavy atom. The Balaban J connectivity index is 2.19. The van der Waals surface area contributed by atoms with E-state index in [9.17, 15) is 0 Å². The average molecular weight is 283 g/mol. The van der Waals surface area contributed by atoms with Crippen molar-refractivity contribution in [3.05, 3.63) is 34.3 Å². The van der Waals surface area contributed by atoms with E-state index in [1.54, 1.807) is 0 Å². The number of nitrogens with two attached hydrogens (primary N) is 1. The molecule has 3 heteroatoms. The molecule has 2 unspecified atom stereocenters. The molecule has 0 amide bonds. The maximum Gasteiger partial charge on any atom is 0.0499 e. The maximum atomic E-state index is 6.22. The van der Waals surface area contributed by atoms with E-state index in [1.807, 2.05) is 0 Å². The fourth-order valence-corrected chi connectivity index (χ4v) is 2.80. The first-order chi connectivity index (χ1) is 7.72. The lowest BCUT2D eigenvalue weighted by Crippen LogP contribution is -2.32. The second kappa shape index (κ2) is 5.30. The summed E-state index contributed by atoms with van der Waals surface area (Å²) in [7, 11) is 0. The SMILES string of the molecule is CCCN1CCC(N)C1c1ccc(Br)cc1. The minimum Gasteiger partial charge on any atom is -0.326 e. The van der Waals surface area contributed by atoms with E-state index < -0.39 is 0 Å². The van der Waals surface area contributed by atoms with Crippen LogP contribution in [0.25, 0.3) is 0 Å². The molecule has 1 fully saturated rings. The Bertz CT molecular complexity index is 334. The zero-order chi connectivity index (χ0) is 11.5. The lowest BCUT2D eigenvalue weighted by molar-refractivity contribution is 0.248. The molecule has 1 saturated heterocycles. The summed E-state index contributed by atoms with van der Waals surface area (Å²) in [6.07, 6.45) is 2.31. The van der Waals surface area contributed by atoms with Crippen LogP contribution in [0.1, 0.15) is 31.4 Å². The lowest BCUT2D eigenvalue weighted by Gasteiger charge is -2.26. The molecular weight excluding hydrogens is 264 g/mol. The highest BCUT2D eigenvalue weighted by molar-refractivity contribution is 9.10. The normalized spacial score (nSPS) is 26.2. The van der Waals surface area contributed by atoms with E-state index in [4.69, 9.17) is 5.73 Å². The number of likely N-dealkylation sites (tertiary alicyclic amines) is 1. The van der Waals surface area contributed by atoms with E-state index in [2.05, 4.69) is 52.0 Å². The summed E-state index contributed by atoms with van der Waals surface area (Å²) < 4.78 is 1.13. The molecule has 0 radical (unpaired) electrons. The molecule has 0 spiro atoms. The number of halogens is 1. The minimum atomic E-state index is 0.285. The molecule has 0 aliphatic carbocycles. The number of nitrogens with zero attached hydrogens (tertiary/aromatic N) is 1. The summed E-state index contributed by atoms with van der Waals surface area (Å²) in [6, 6.07) is 9.26. The van der Waals surface area contributed by atoms with Gasteiger partial charge in [0.15, 0.2) is 0 Å². The molecular formula is C13H19BrN2. The molecule has 16 heavy (non-hydrogen) atoms. The van der Waals surface area contributed by atoms with Gasteiger partial charge in [-0.2, -0.15) is 0 Å². The van der Waals surface area contributed by atoms with Gasteiger partial charge >= 0.3 is 0 Å². The van der Waals surface area contributed by atoms with Gasteiger partial charge in [0.25, 0.3) is 0 Å². The van der Waals surface area contributed by atoms with Crippen molar-refractivity contribution in [1.29, 1.82) is 0 Å². The highest BCUT2D eigenvalue weighted by atomic mass is 79.9. The number of benzene rings is 1. The third-order valence-electron chi connectivity index (χ3n) is 3.27. The van der Waals surface area contributed by atoms with Gasteiger partial charge in [0.1, 0.15) is 0 Å². The van der Waals surface area contributed by atoms with Crippen molar-refractivity contribution in [3.63, 3.8) is 0 Å². The summed E-state index contributed by atoms with van der Waals surface area (Å²) >= 11 is 3.47. The van der Waals surface area contributed by atoms with Gasteiger partial charge in [-0.15, -0.1) is 0 Å². The van der Waals surface area contributed by atoms with Gasteiger partial charge in [-0.25, -0.2) is 0 Å². The van der Waals surface area contributed by atoms with E-state index in [1.165, 1.54) is 12.0 Å². The maximum absolute atomic E-state index is 6.22. The van der Waals surface area contributed by atoms with Crippen LogP contribution in [0.4, 0.5) is 0 Å². The van der Waals surface area contributed by atoms with Crippen LogP contribution in [-0.2, 0) is 0 Å². The molecule has 0 bridgehead atoms. The molecule has 2 nitrogen and oxygen atoms in total. The van der Waals surface area contributed by atoms with Crippen LogP contribution in [0.5, 0.6) is 0 Å². The fourth-order valence-electron chi connectivity index (χ4n) is 2.54. The molecule has 1 aromatic rings. The molecule has 2 N–H and O–H groups in total. The lowest BCUT2D eigenvalue weighted by atomic mass is 10.0. The zero-order valence-electron chi connectivity index (χ0n) is 9.70. The van der Waals surface area contributed by atoms with Crippen molar-refractivity contribution in [2.24, 2.45) is 5.73 Å². The Morgan fingerprint density at radius 1 is 1.38 bits per heavy atom. The molecule has 1 heterocycles. The van der Waals surface area contributed by atoms with E-state index in [0.717, 1.165) is 24.0 Å². The van der Waals surface area contributed by atoms with Gasteiger partial charge in [-0.3, -0.25) is 4.90 Å². The zero-order valence-corrected chi connectivity index (χ0v) is 11.3. The van der Waals surface area contributed by atoms with Gasteiger partial charge in [0.2, 0.25) is 0 Å². The molecule has 0 aromatic heterocycles. The van der Waals surface area contributed by atoms with Crippen molar-refractivity contribution in [1.82, 2.24) is 4.90 Å². The van der Waals surface area contributed by atoms with E-state index in [-0.39, 0.29) is 6.04 Å². The molecule has 1 aromatic carbocycles. The van der Waals surface area contributed by atoms with Gasteiger partial charge in [-0.1, -0.05) is 35.0 Å². The topological polar surface area (TPSA) is 29.3 Å². The van der Waals surface area contributed by atoms with Gasteiger partial charge in [0.05, 0.1) is 0 Å². The van der Waals surface area contributed by atoms with Crippen LogP contribution in [0.3, 0.4) is 0 Å². The summed E-state index contributed by atoms with van der Waals surface area (Å²) in [5.41, 5.74) is 7.57. The predicted molar refractivity (Wildman–Crippen MR) is 71.3 cm³/mol. The van der Waals surface area contributed by atoms with Crippen molar-refractivity contribution in [2.45, 2.75) is 31.8 Å². The highest BCUT2D eigenvalue weighted by Gasteiger charge is 2.31. The Hall–Kier alpha value is -0.380. The second-order valence-electron chi connectivity index (χ2n) is 4.48. The summed E-state index contributed by atoms with van der Waals surface area (Å²) in [6.45, 7) is 4.51. The first kappa shape index (κ1) is 12.1. The first-order valence-electron chi connectivity index (χ1n) is 5.97. The Labute approximate surface area is 106 Å². The monoisotopic (exact) mass is 282 g/mol. The van der Waals surface area contributed by atoms with Crippen LogP contribution in [0.2, 0.25) is 0 Å². The van der Waals surface area contributed by atoms with Gasteiger partial charge < -0.3 is 5.73 Å². The van der Waals surface area contributed by atoms with E-state index in [0.29, 0.717) is 6.04 Å². The number of hydrogen-bond acceptors (Lipinski definition) is 2. The fraction of sp³-hybridized carbons (Fsp3) is 0.538. The van der Waals surface area contributed by atoms with Crippen LogP contribution < -0.4 is 5.73 Å². The van der Waals surface area contributed by atoms with Crippen LogP contribution in [0, 0.1) is 0 Å². The van der Waals surface area contributed by atoms with Crippen LogP contribution in [0.15, 0.2) is 28.7 Å². The minimum absolute atomic E-state index is 0.285. The van der Waals surface area contributed by atoms with Crippen molar-refractivity contribution in [3.8, 4) is 0 Å². The largest absolute Gasteiger partial charge is 0.326 e. The summed E-state index contributed by atoms with van der Waals surface area (Å²) in [4.78, 5) is 2.51. The van der Waals surface area contributed by atoms with Gasteiger partial charge in [-0.05, 0) is 37.1 Å². The third-order valence-corrected chi connectivity index (χ3v) is 3.80. The van der Waals surface area contributed by atoms with E-state index >= 15 is 0 Å². The third kappa shape index (κ3) is 2.47. The van der Waals surface area contributed by atoms with Crippen molar-refractivity contribution >= 4 is 15.9 Å². The van der Waals surface area contributed by atoms with Crippen molar-refractivity contribution < 1.29 is 0 Å². The summed E-state index contributed by atoms with van der Waals surface area (Å²) in [5.74, 6) is 0. The Kier molecular flexibility index (Phi) is 4.00. The predicted octanol–water partition coefficient (Wildman–Crippen LogP) is 2.93. The van der Waals surface area contributed by atoms with Gasteiger partial charge in [0, 0.05) is 23.1 Å². The number of hydrogen-bond donors (Lipinski definition) is 1. The molecule has 2 rings (SSSR count). The first-order valence-corrected chi connectivity index (χ1v) is 6.76. The molecule has 1 aliphatic heterocycles. The average Bonchev–Trinajstić information content (AvgIpc) is 2.62. The van der Waals surface area contributed by atoms with Crippen molar-refractivity contribution in [2.75, 3.05) is 13.1 Å². The highest BCUT2D eigenvalue weighted by Crippen LogP contribution is 2.31. The molecule has 0 saturated carbocycles. The Morgan fingerprint density at radius 3 is 2.69 bits per heavy atom.